The van der Waals surface area contributed by atoms with Gasteiger partial charge in [-0.3, -0.25) is 4.79 Å². The van der Waals surface area contributed by atoms with Crippen LogP contribution in [0.3, 0.4) is 0 Å². The van der Waals surface area contributed by atoms with Gasteiger partial charge in [0.25, 0.3) is 5.56 Å². The number of rotatable bonds is 3. The van der Waals surface area contributed by atoms with Crippen LogP contribution in [0.1, 0.15) is 5.56 Å². The molecule has 3 aromatic carbocycles. The lowest BCUT2D eigenvalue weighted by Crippen LogP contribution is -2.22. The van der Waals surface area contributed by atoms with E-state index >= 15 is 0 Å². The van der Waals surface area contributed by atoms with E-state index in [0.717, 1.165) is 5.56 Å². The predicted molar refractivity (Wildman–Crippen MR) is 112 cm³/mol. The lowest BCUT2D eigenvalue weighted by Gasteiger charge is -2.16. The summed E-state index contributed by atoms with van der Waals surface area (Å²) in [6.07, 6.45) is 0. The number of aryl methyl sites for hydroxylation is 1. The molecule has 1 N–H and O–H groups in total. The van der Waals surface area contributed by atoms with E-state index in [1.165, 1.54) is 4.57 Å². The van der Waals surface area contributed by atoms with Gasteiger partial charge in [-0.05, 0) is 55.0 Å². The molecule has 4 rings (SSSR count). The first-order valence-electron chi connectivity index (χ1n) is 8.34. The summed E-state index contributed by atoms with van der Waals surface area (Å²) in [6, 6.07) is 20.1. The Morgan fingerprint density at radius 3 is 2.48 bits per heavy atom. The van der Waals surface area contributed by atoms with Crippen molar-refractivity contribution in [2.24, 2.45) is 0 Å². The lowest BCUT2D eigenvalue weighted by atomic mass is 10.2. The zero-order chi connectivity index (χ0) is 19.0. The molecular weight excluding hydrogens is 381 g/mol. The van der Waals surface area contributed by atoms with Crippen molar-refractivity contribution in [3.8, 4) is 5.69 Å². The van der Waals surface area contributed by atoms with Crippen LogP contribution in [0.5, 0.6) is 0 Å². The highest BCUT2D eigenvalue weighted by Gasteiger charge is 2.14. The molecule has 1 aromatic heterocycles. The molecule has 0 aliphatic rings. The summed E-state index contributed by atoms with van der Waals surface area (Å²) in [5.74, 6) is 0.381. The minimum Gasteiger partial charge on any atom is -0.324 e. The molecule has 134 valence electrons. The maximum absolute atomic E-state index is 13.2. The Morgan fingerprint density at radius 1 is 0.963 bits per heavy atom. The van der Waals surface area contributed by atoms with Crippen molar-refractivity contribution in [1.82, 2.24) is 9.55 Å². The van der Waals surface area contributed by atoms with Crippen molar-refractivity contribution in [1.29, 1.82) is 0 Å². The van der Waals surface area contributed by atoms with Gasteiger partial charge < -0.3 is 5.32 Å². The average molecular weight is 396 g/mol. The van der Waals surface area contributed by atoms with Gasteiger partial charge in [-0.1, -0.05) is 47.5 Å². The van der Waals surface area contributed by atoms with Gasteiger partial charge in [0.2, 0.25) is 5.95 Å². The van der Waals surface area contributed by atoms with E-state index in [4.69, 9.17) is 23.2 Å². The Morgan fingerprint density at radius 2 is 1.74 bits per heavy atom. The van der Waals surface area contributed by atoms with Gasteiger partial charge in [-0.2, -0.15) is 0 Å². The maximum atomic E-state index is 13.2. The van der Waals surface area contributed by atoms with Crippen molar-refractivity contribution in [2.75, 3.05) is 5.32 Å². The summed E-state index contributed by atoms with van der Waals surface area (Å²) in [4.78, 5) is 17.9. The molecule has 4 nitrogen and oxygen atoms in total. The molecule has 0 aliphatic carbocycles. The second-order valence-electron chi connectivity index (χ2n) is 6.18. The van der Waals surface area contributed by atoms with Gasteiger partial charge in [-0.25, -0.2) is 9.55 Å². The van der Waals surface area contributed by atoms with Crippen LogP contribution in [0.4, 0.5) is 11.6 Å². The summed E-state index contributed by atoms with van der Waals surface area (Å²) in [5, 5.41) is 4.70. The van der Waals surface area contributed by atoms with E-state index in [1.54, 1.807) is 18.2 Å². The Hall–Kier alpha value is -2.82. The van der Waals surface area contributed by atoms with Crippen LogP contribution in [0, 0.1) is 6.92 Å². The van der Waals surface area contributed by atoms with Gasteiger partial charge in [0.15, 0.2) is 0 Å². The molecule has 0 saturated heterocycles. The normalized spacial score (nSPS) is 10.9. The number of para-hydroxylation sites is 1. The first-order chi connectivity index (χ1) is 13.0. The van der Waals surface area contributed by atoms with E-state index < -0.39 is 0 Å². The second kappa shape index (κ2) is 7.06. The van der Waals surface area contributed by atoms with Crippen LogP contribution in [0.15, 0.2) is 71.5 Å². The van der Waals surface area contributed by atoms with Crippen LogP contribution < -0.4 is 10.9 Å². The number of fused-ring (bicyclic) bond motifs is 1. The first-order valence-corrected chi connectivity index (χ1v) is 9.09. The zero-order valence-electron chi connectivity index (χ0n) is 14.4. The monoisotopic (exact) mass is 395 g/mol. The Kier molecular flexibility index (Phi) is 4.60. The Labute approximate surface area is 166 Å². The molecule has 0 atom stereocenters. The standard InChI is InChI=1S/C21H15Cl2N3O/c1-13-7-9-19(17(23)11-13)25-21-24-18-10-8-14(22)12-16(18)20(27)26(21)15-5-3-2-4-6-15/h2-12H,1H3,(H,24,25). The Balaban J connectivity index is 1.98. The average Bonchev–Trinajstić information content (AvgIpc) is 2.65. The van der Waals surface area contributed by atoms with Crippen LogP contribution in [0.25, 0.3) is 16.6 Å². The van der Waals surface area contributed by atoms with Crippen molar-refractivity contribution in [3.05, 3.63) is 92.7 Å². The van der Waals surface area contributed by atoms with E-state index in [9.17, 15) is 4.79 Å². The van der Waals surface area contributed by atoms with E-state index in [1.807, 2.05) is 55.5 Å². The van der Waals surface area contributed by atoms with Crippen molar-refractivity contribution >= 4 is 45.7 Å². The summed E-state index contributed by atoms with van der Waals surface area (Å²) in [6.45, 7) is 1.97. The number of nitrogens with zero attached hydrogens (tertiary/aromatic N) is 2. The molecule has 0 amide bonds. The largest absolute Gasteiger partial charge is 0.324 e. The number of benzene rings is 3. The molecule has 1 heterocycles. The van der Waals surface area contributed by atoms with Crippen LogP contribution in [0.2, 0.25) is 10.0 Å². The first kappa shape index (κ1) is 17.6. The maximum Gasteiger partial charge on any atom is 0.267 e. The lowest BCUT2D eigenvalue weighted by molar-refractivity contribution is 0.974. The van der Waals surface area contributed by atoms with Crippen LogP contribution in [-0.2, 0) is 0 Å². The number of nitrogens with one attached hydrogen (secondary N) is 1. The highest BCUT2D eigenvalue weighted by atomic mass is 35.5. The number of aromatic nitrogens is 2. The van der Waals surface area contributed by atoms with Gasteiger partial charge in [0, 0.05) is 5.02 Å². The topological polar surface area (TPSA) is 46.9 Å². The minimum atomic E-state index is -0.209. The molecule has 0 fully saturated rings. The summed E-state index contributed by atoms with van der Waals surface area (Å²) in [7, 11) is 0. The molecular formula is C21H15Cl2N3O. The SMILES string of the molecule is Cc1ccc(Nc2nc3ccc(Cl)cc3c(=O)n2-c2ccccc2)c(Cl)c1. The van der Waals surface area contributed by atoms with Gasteiger partial charge in [-0.15, -0.1) is 0 Å². The van der Waals surface area contributed by atoms with Gasteiger partial charge in [0.1, 0.15) is 0 Å². The fourth-order valence-electron chi connectivity index (χ4n) is 2.90. The van der Waals surface area contributed by atoms with Crippen molar-refractivity contribution in [3.63, 3.8) is 0 Å². The molecule has 0 bridgehead atoms. The van der Waals surface area contributed by atoms with Crippen LogP contribution in [-0.4, -0.2) is 9.55 Å². The third-order valence-electron chi connectivity index (χ3n) is 4.22. The van der Waals surface area contributed by atoms with Crippen molar-refractivity contribution < 1.29 is 0 Å². The number of hydrogen-bond donors (Lipinski definition) is 1. The molecule has 27 heavy (non-hydrogen) atoms. The third-order valence-corrected chi connectivity index (χ3v) is 4.76. The van der Waals surface area contributed by atoms with E-state index in [-0.39, 0.29) is 5.56 Å². The third kappa shape index (κ3) is 3.42. The van der Waals surface area contributed by atoms with Gasteiger partial charge >= 0.3 is 0 Å². The number of hydrogen-bond acceptors (Lipinski definition) is 3. The van der Waals surface area contributed by atoms with Crippen LogP contribution >= 0.6 is 23.2 Å². The van der Waals surface area contributed by atoms with Gasteiger partial charge in [0.05, 0.1) is 27.3 Å². The van der Waals surface area contributed by atoms with E-state index in [0.29, 0.717) is 38.3 Å². The quantitative estimate of drug-likeness (QED) is 0.480. The molecule has 0 unspecified atom stereocenters. The van der Waals surface area contributed by atoms with E-state index in [2.05, 4.69) is 10.3 Å². The minimum absolute atomic E-state index is 0.209. The fourth-order valence-corrected chi connectivity index (χ4v) is 3.35. The predicted octanol–water partition coefficient (Wildman–Crippen LogP) is 5.74. The Bertz CT molecular complexity index is 1200. The van der Waals surface area contributed by atoms with Crippen molar-refractivity contribution in [2.45, 2.75) is 6.92 Å². The molecule has 0 spiro atoms. The molecule has 0 radical (unpaired) electrons. The number of anilines is 2. The fraction of sp³-hybridized carbons (Fsp3) is 0.0476. The summed E-state index contributed by atoms with van der Waals surface area (Å²) in [5.41, 5.74) is 2.77. The number of halogens is 2. The molecule has 0 aliphatic heterocycles. The summed E-state index contributed by atoms with van der Waals surface area (Å²) >= 11 is 12.4. The zero-order valence-corrected chi connectivity index (χ0v) is 15.9. The second-order valence-corrected chi connectivity index (χ2v) is 7.02. The highest BCUT2D eigenvalue weighted by Crippen LogP contribution is 2.27. The molecule has 4 aromatic rings. The molecule has 0 saturated carbocycles. The summed E-state index contributed by atoms with van der Waals surface area (Å²) < 4.78 is 1.52. The smallest absolute Gasteiger partial charge is 0.267 e. The molecule has 6 heteroatoms. The highest BCUT2D eigenvalue weighted by molar-refractivity contribution is 6.33.